The van der Waals surface area contributed by atoms with Crippen LogP contribution in [0.25, 0.3) is 16.9 Å². The molecule has 0 fully saturated rings. The maximum atomic E-state index is 13.0. The second kappa shape index (κ2) is 6.88. The molecular formula is C21H18FN3O. The number of hydrogen-bond donors (Lipinski definition) is 1. The first-order chi connectivity index (χ1) is 12.7. The first kappa shape index (κ1) is 16.1. The van der Waals surface area contributed by atoms with E-state index in [4.69, 9.17) is 4.74 Å². The number of aromatic nitrogens is 2. The topological polar surface area (TPSA) is 38.6 Å². The fourth-order valence-electron chi connectivity index (χ4n) is 2.87. The lowest BCUT2D eigenvalue weighted by atomic mass is 10.1. The average Bonchev–Trinajstić information content (AvgIpc) is 3.11. The molecule has 0 bridgehead atoms. The minimum Gasteiger partial charge on any atom is -0.497 e. The Hall–Kier alpha value is -3.34. The van der Waals surface area contributed by atoms with Crippen molar-refractivity contribution in [1.82, 2.24) is 9.38 Å². The van der Waals surface area contributed by atoms with Gasteiger partial charge in [-0.2, -0.15) is 0 Å². The maximum Gasteiger partial charge on any atom is 0.137 e. The summed E-state index contributed by atoms with van der Waals surface area (Å²) in [5, 5.41) is 3.37. The van der Waals surface area contributed by atoms with E-state index in [1.807, 2.05) is 48.8 Å². The van der Waals surface area contributed by atoms with Gasteiger partial charge in [0.25, 0.3) is 0 Å². The van der Waals surface area contributed by atoms with Crippen molar-refractivity contribution in [1.29, 1.82) is 0 Å². The number of fused-ring (bicyclic) bond motifs is 1. The van der Waals surface area contributed by atoms with Crippen molar-refractivity contribution in [2.75, 3.05) is 12.4 Å². The number of pyridine rings is 1. The van der Waals surface area contributed by atoms with Crippen molar-refractivity contribution in [3.8, 4) is 17.0 Å². The molecule has 2 aromatic heterocycles. The van der Waals surface area contributed by atoms with Gasteiger partial charge in [0.05, 0.1) is 24.7 Å². The number of nitrogens with zero attached hydrogens (tertiary/aromatic N) is 2. The van der Waals surface area contributed by atoms with E-state index >= 15 is 0 Å². The predicted octanol–water partition coefficient (Wildman–Crippen LogP) is 4.76. The van der Waals surface area contributed by atoms with E-state index in [1.54, 1.807) is 19.2 Å². The van der Waals surface area contributed by atoms with Crippen LogP contribution in [0, 0.1) is 5.82 Å². The molecule has 0 aliphatic rings. The van der Waals surface area contributed by atoms with Crippen LogP contribution in [-0.2, 0) is 6.54 Å². The van der Waals surface area contributed by atoms with Gasteiger partial charge in [-0.25, -0.2) is 9.37 Å². The molecule has 0 saturated heterocycles. The summed E-state index contributed by atoms with van der Waals surface area (Å²) in [7, 11) is 1.66. The van der Waals surface area contributed by atoms with Crippen LogP contribution in [0.4, 0.5) is 10.1 Å². The van der Waals surface area contributed by atoms with E-state index in [-0.39, 0.29) is 5.82 Å². The predicted molar refractivity (Wildman–Crippen MR) is 101 cm³/mol. The van der Waals surface area contributed by atoms with Gasteiger partial charge in [-0.15, -0.1) is 0 Å². The van der Waals surface area contributed by atoms with Gasteiger partial charge in [0.15, 0.2) is 0 Å². The van der Waals surface area contributed by atoms with E-state index in [0.29, 0.717) is 6.54 Å². The van der Waals surface area contributed by atoms with Crippen LogP contribution >= 0.6 is 0 Å². The van der Waals surface area contributed by atoms with Gasteiger partial charge in [-0.05, 0) is 54.1 Å². The third-order valence-corrected chi connectivity index (χ3v) is 4.30. The molecule has 2 aromatic carbocycles. The van der Waals surface area contributed by atoms with E-state index in [9.17, 15) is 4.39 Å². The Morgan fingerprint density at radius 1 is 1.00 bits per heavy atom. The number of imidazole rings is 1. The molecule has 4 rings (SSSR count). The van der Waals surface area contributed by atoms with Crippen molar-refractivity contribution in [3.05, 3.63) is 84.4 Å². The normalized spacial score (nSPS) is 10.8. The van der Waals surface area contributed by atoms with Gasteiger partial charge in [0.1, 0.15) is 17.2 Å². The highest BCUT2D eigenvalue weighted by Crippen LogP contribution is 2.24. The first-order valence-corrected chi connectivity index (χ1v) is 8.33. The van der Waals surface area contributed by atoms with Crippen LogP contribution in [0.5, 0.6) is 5.75 Å². The third-order valence-electron chi connectivity index (χ3n) is 4.30. The highest BCUT2D eigenvalue weighted by Gasteiger charge is 2.07. The van der Waals surface area contributed by atoms with E-state index in [0.717, 1.165) is 33.9 Å². The number of anilines is 1. The van der Waals surface area contributed by atoms with Gasteiger partial charge in [0.2, 0.25) is 0 Å². The number of methoxy groups -OCH3 is 1. The zero-order chi connectivity index (χ0) is 17.9. The molecular weight excluding hydrogens is 329 g/mol. The zero-order valence-corrected chi connectivity index (χ0v) is 14.3. The number of nitrogens with one attached hydrogen (secondary N) is 1. The molecule has 0 amide bonds. The zero-order valence-electron chi connectivity index (χ0n) is 14.3. The quantitative estimate of drug-likeness (QED) is 0.566. The molecule has 0 aliphatic heterocycles. The van der Waals surface area contributed by atoms with Crippen LogP contribution in [0.3, 0.4) is 0 Å². The Balaban J connectivity index is 1.60. The summed E-state index contributed by atoms with van der Waals surface area (Å²) < 4.78 is 20.3. The van der Waals surface area contributed by atoms with Crippen molar-refractivity contribution >= 4 is 11.3 Å². The Kier molecular flexibility index (Phi) is 4.27. The summed E-state index contributed by atoms with van der Waals surface area (Å²) in [6.07, 6.45) is 3.88. The Morgan fingerprint density at radius 3 is 2.50 bits per heavy atom. The van der Waals surface area contributed by atoms with E-state index < -0.39 is 0 Å². The molecule has 2 heterocycles. The summed E-state index contributed by atoms with van der Waals surface area (Å²) >= 11 is 0. The largest absolute Gasteiger partial charge is 0.497 e. The fourth-order valence-corrected chi connectivity index (χ4v) is 2.87. The molecule has 0 spiro atoms. The molecule has 4 aromatic rings. The van der Waals surface area contributed by atoms with Gasteiger partial charge in [-0.3, -0.25) is 4.40 Å². The van der Waals surface area contributed by atoms with Crippen molar-refractivity contribution in [2.24, 2.45) is 0 Å². The minimum absolute atomic E-state index is 0.224. The van der Waals surface area contributed by atoms with Gasteiger partial charge in [-0.1, -0.05) is 12.1 Å². The molecule has 1 N–H and O–H groups in total. The number of hydrogen-bond acceptors (Lipinski definition) is 3. The first-order valence-electron chi connectivity index (χ1n) is 8.33. The maximum absolute atomic E-state index is 13.0. The summed E-state index contributed by atoms with van der Waals surface area (Å²) in [6, 6.07) is 18.4. The lowest BCUT2D eigenvalue weighted by Gasteiger charge is -2.09. The molecule has 0 unspecified atom stereocenters. The number of ether oxygens (including phenoxy) is 1. The second-order valence-electron chi connectivity index (χ2n) is 6.00. The summed E-state index contributed by atoms with van der Waals surface area (Å²) in [4.78, 5) is 4.47. The summed E-state index contributed by atoms with van der Waals surface area (Å²) in [6.45, 7) is 0.623. The number of halogens is 1. The molecule has 0 radical (unpaired) electrons. The molecule has 0 atom stereocenters. The lowest BCUT2D eigenvalue weighted by molar-refractivity contribution is 0.415. The van der Waals surface area contributed by atoms with Gasteiger partial charge in [0, 0.05) is 18.3 Å². The average molecular weight is 347 g/mol. The lowest BCUT2D eigenvalue weighted by Crippen LogP contribution is -2.01. The third kappa shape index (κ3) is 3.24. The van der Waals surface area contributed by atoms with Gasteiger partial charge >= 0.3 is 0 Å². The summed E-state index contributed by atoms with van der Waals surface area (Å²) in [5.41, 5.74) is 4.94. The minimum atomic E-state index is -0.224. The molecule has 0 saturated carbocycles. The fraction of sp³-hybridized carbons (Fsp3) is 0.0952. The monoisotopic (exact) mass is 347 g/mol. The van der Waals surface area contributed by atoms with Crippen molar-refractivity contribution < 1.29 is 9.13 Å². The Labute approximate surface area is 150 Å². The van der Waals surface area contributed by atoms with Crippen molar-refractivity contribution in [3.63, 3.8) is 0 Å². The molecule has 0 aliphatic carbocycles. The molecule has 130 valence electrons. The van der Waals surface area contributed by atoms with Gasteiger partial charge < -0.3 is 10.1 Å². The molecule has 26 heavy (non-hydrogen) atoms. The van der Waals surface area contributed by atoms with Crippen LogP contribution in [0.15, 0.2) is 73.1 Å². The Bertz CT molecular complexity index is 1020. The van der Waals surface area contributed by atoms with E-state index in [1.165, 1.54) is 12.1 Å². The standard InChI is InChI=1S/C21H18FN3O/c1-26-19-9-4-16(5-10-19)20-13-24-21-11-8-18(14-25(20)21)23-12-15-2-6-17(22)7-3-15/h2-11,13-14,23H,12H2,1H3. The smallest absolute Gasteiger partial charge is 0.137 e. The Morgan fingerprint density at radius 2 is 1.77 bits per heavy atom. The number of benzene rings is 2. The highest BCUT2D eigenvalue weighted by molar-refractivity contribution is 5.66. The van der Waals surface area contributed by atoms with Crippen LogP contribution in [-0.4, -0.2) is 16.5 Å². The molecule has 5 heteroatoms. The number of rotatable bonds is 5. The second-order valence-corrected chi connectivity index (χ2v) is 6.00. The highest BCUT2D eigenvalue weighted by atomic mass is 19.1. The van der Waals surface area contributed by atoms with Crippen LogP contribution < -0.4 is 10.1 Å². The summed E-state index contributed by atoms with van der Waals surface area (Å²) in [5.74, 6) is 0.599. The van der Waals surface area contributed by atoms with Crippen molar-refractivity contribution in [2.45, 2.75) is 6.54 Å². The SMILES string of the molecule is COc1ccc(-c2cnc3ccc(NCc4ccc(F)cc4)cn23)cc1. The van der Waals surface area contributed by atoms with E-state index in [2.05, 4.69) is 14.7 Å². The van der Waals surface area contributed by atoms with Crippen LogP contribution in [0.1, 0.15) is 5.56 Å². The molecule has 4 nitrogen and oxygen atoms in total. The van der Waals surface area contributed by atoms with Crippen LogP contribution in [0.2, 0.25) is 0 Å².